The van der Waals surface area contributed by atoms with Crippen LogP contribution in [0.15, 0.2) is 89.5 Å². The molecule has 2 heterocycles. The fraction of sp³-hybridized carbons (Fsp3) is 0.125. The van der Waals surface area contributed by atoms with Crippen LogP contribution in [-0.4, -0.2) is 10.8 Å². The van der Waals surface area contributed by atoms with E-state index in [0.717, 1.165) is 27.5 Å². The molecule has 0 aliphatic heterocycles. The van der Waals surface area contributed by atoms with Gasteiger partial charge in [-0.1, -0.05) is 42.5 Å². The third kappa shape index (κ3) is 5.06. The first-order valence-corrected chi connectivity index (χ1v) is 10.3. The fourth-order valence-electron chi connectivity index (χ4n) is 3.19. The summed E-state index contributed by atoms with van der Waals surface area (Å²) < 4.78 is 43.7. The molecule has 0 spiro atoms. The molecule has 0 atom stereocenters. The van der Waals surface area contributed by atoms with Gasteiger partial charge >= 0.3 is 6.18 Å². The number of alkyl halides is 3. The van der Waals surface area contributed by atoms with E-state index in [1.54, 1.807) is 17.0 Å². The van der Waals surface area contributed by atoms with Crippen LogP contribution >= 0.6 is 11.3 Å². The highest BCUT2D eigenvalue weighted by atomic mass is 32.1. The van der Waals surface area contributed by atoms with Crippen LogP contribution in [0.5, 0.6) is 0 Å². The Labute approximate surface area is 181 Å². The summed E-state index contributed by atoms with van der Waals surface area (Å²) in [6, 6.07) is 21.8. The molecular formula is C24H18F3NO2S. The van der Waals surface area contributed by atoms with Crippen molar-refractivity contribution in [2.24, 2.45) is 0 Å². The summed E-state index contributed by atoms with van der Waals surface area (Å²) in [5, 5.41) is 0. The molecular weight excluding hydrogens is 423 g/mol. The van der Waals surface area contributed by atoms with Crippen molar-refractivity contribution in [3.05, 3.63) is 107 Å². The van der Waals surface area contributed by atoms with Gasteiger partial charge in [-0.25, -0.2) is 0 Å². The number of hydrogen-bond acceptors (Lipinski definition) is 3. The average molecular weight is 441 g/mol. The number of hydrogen-bond donors (Lipinski definition) is 0. The first-order valence-electron chi connectivity index (χ1n) is 9.53. The lowest BCUT2D eigenvalue weighted by Crippen LogP contribution is -2.29. The lowest BCUT2D eigenvalue weighted by molar-refractivity contribution is -0.137. The van der Waals surface area contributed by atoms with Crippen LogP contribution in [0, 0.1) is 0 Å². The fourth-order valence-corrected chi connectivity index (χ4v) is 4.22. The SMILES string of the molecule is O=C(c1ccco1)N(Cc1ccccc1)Cc1ccc(-c2ccc(C(F)(F)F)cc2)s1. The Balaban J connectivity index is 1.55. The lowest BCUT2D eigenvalue weighted by atomic mass is 10.1. The first kappa shape index (κ1) is 20.9. The van der Waals surface area contributed by atoms with E-state index in [4.69, 9.17) is 4.42 Å². The summed E-state index contributed by atoms with van der Waals surface area (Å²) in [5.41, 5.74) is 1.02. The molecule has 0 aliphatic rings. The van der Waals surface area contributed by atoms with Crippen LogP contribution in [0.25, 0.3) is 10.4 Å². The van der Waals surface area contributed by atoms with Gasteiger partial charge in [0.1, 0.15) is 0 Å². The van der Waals surface area contributed by atoms with Crippen molar-refractivity contribution in [1.82, 2.24) is 4.90 Å². The van der Waals surface area contributed by atoms with E-state index in [0.29, 0.717) is 18.7 Å². The molecule has 0 saturated carbocycles. The van der Waals surface area contributed by atoms with E-state index < -0.39 is 11.7 Å². The standard InChI is InChI=1S/C24H18F3NO2S/c25-24(26,27)19-10-8-18(9-11-19)22-13-12-20(31-22)16-28(15-17-5-2-1-3-6-17)23(29)21-7-4-14-30-21/h1-14H,15-16H2. The highest BCUT2D eigenvalue weighted by Crippen LogP contribution is 2.33. The van der Waals surface area contributed by atoms with Gasteiger partial charge in [0, 0.05) is 16.3 Å². The Hall–Kier alpha value is -3.32. The molecule has 0 saturated heterocycles. The molecule has 7 heteroatoms. The summed E-state index contributed by atoms with van der Waals surface area (Å²) in [6.45, 7) is 0.771. The van der Waals surface area contributed by atoms with Gasteiger partial charge in [0.15, 0.2) is 5.76 Å². The minimum atomic E-state index is -4.36. The largest absolute Gasteiger partial charge is 0.459 e. The second-order valence-corrected chi connectivity index (χ2v) is 8.13. The number of nitrogens with zero attached hydrogens (tertiary/aromatic N) is 1. The smallest absolute Gasteiger partial charge is 0.416 e. The lowest BCUT2D eigenvalue weighted by Gasteiger charge is -2.21. The molecule has 31 heavy (non-hydrogen) atoms. The molecule has 0 unspecified atom stereocenters. The highest BCUT2D eigenvalue weighted by molar-refractivity contribution is 7.15. The van der Waals surface area contributed by atoms with Crippen LogP contribution in [0.2, 0.25) is 0 Å². The van der Waals surface area contributed by atoms with Gasteiger partial charge in [0.2, 0.25) is 0 Å². The predicted molar refractivity (Wildman–Crippen MR) is 113 cm³/mol. The maximum absolute atomic E-state index is 13.0. The number of furan rings is 1. The molecule has 0 aliphatic carbocycles. The van der Waals surface area contributed by atoms with Crippen LogP contribution < -0.4 is 0 Å². The van der Waals surface area contributed by atoms with Gasteiger partial charge in [-0.2, -0.15) is 13.2 Å². The van der Waals surface area contributed by atoms with E-state index in [-0.39, 0.29) is 11.7 Å². The molecule has 0 radical (unpaired) electrons. The van der Waals surface area contributed by atoms with Crippen LogP contribution in [0.4, 0.5) is 13.2 Å². The predicted octanol–water partition coefficient (Wildman–Crippen LogP) is 6.87. The third-order valence-corrected chi connectivity index (χ3v) is 5.86. The van der Waals surface area contributed by atoms with E-state index >= 15 is 0 Å². The number of carbonyl (C=O) groups is 1. The maximum Gasteiger partial charge on any atom is 0.416 e. The first-order chi connectivity index (χ1) is 14.9. The molecule has 0 bridgehead atoms. The van der Waals surface area contributed by atoms with Gasteiger partial charge in [-0.05, 0) is 47.5 Å². The summed E-state index contributed by atoms with van der Waals surface area (Å²) in [6.07, 6.45) is -2.90. The van der Waals surface area contributed by atoms with Crippen LogP contribution in [0.1, 0.15) is 26.6 Å². The number of rotatable bonds is 6. The van der Waals surface area contributed by atoms with Crippen molar-refractivity contribution < 1.29 is 22.4 Å². The zero-order valence-corrected chi connectivity index (χ0v) is 17.1. The molecule has 158 valence electrons. The minimum absolute atomic E-state index is 0.224. The molecule has 0 fully saturated rings. The maximum atomic E-state index is 13.0. The normalized spacial score (nSPS) is 11.5. The van der Waals surface area contributed by atoms with Gasteiger partial charge in [0.25, 0.3) is 5.91 Å². The summed E-state index contributed by atoms with van der Waals surface area (Å²) in [4.78, 5) is 16.4. The molecule has 4 rings (SSSR count). The van der Waals surface area contributed by atoms with Crippen LogP contribution in [0.3, 0.4) is 0 Å². The number of benzene rings is 2. The van der Waals surface area contributed by atoms with Crippen molar-refractivity contribution in [1.29, 1.82) is 0 Å². The molecule has 3 nitrogen and oxygen atoms in total. The minimum Gasteiger partial charge on any atom is -0.459 e. The highest BCUT2D eigenvalue weighted by Gasteiger charge is 2.30. The van der Waals surface area contributed by atoms with Crippen molar-refractivity contribution in [2.75, 3.05) is 0 Å². The number of amides is 1. The van der Waals surface area contributed by atoms with Crippen molar-refractivity contribution in [2.45, 2.75) is 19.3 Å². The zero-order valence-electron chi connectivity index (χ0n) is 16.3. The van der Waals surface area contributed by atoms with Crippen molar-refractivity contribution in [3.8, 4) is 10.4 Å². The van der Waals surface area contributed by atoms with Crippen molar-refractivity contribution >= 4 is 17.2 Å². The van der Waals surface area contributed by atoms with Gasteiger partial charge in [-0.3, -0.25) is 4.79 Å². The Morgan fingerprint density at radius 1 is 0.871 bits per heavy atom. The second kappa shape index (κ2) is 8.81. The summed E-state index contributed by atoms with van der Waals surface area (Å²) >= 11 is 1.45. The quantitative estimate of drug-likeness (QED) is 0.327. The van der Waals surface area contributed by atoms with Gasteiger partial charge in [0.05, 0.1) is 18.4 Å². The number of halogens is 3. The molecule has 4 aromatic rings. The van der Waals surface area contributed by atoms with Gasteiger partial charge in [-0.15, -0.1) is 11.3 Å². The van der Waals surface area contributed by atoms with Crippen molar-refractivity contribution in [3.63, 3.8) is 0 Å². The Bertz CT molecular complexity index is 1130. The molecule has 1 amide bonds. The Morgan fingerprint density at radius 3 is 2.26 bits per heavy atom. The Kier molecular flexibility index (Phi) is 5.95. The van der Waals surface area contributed by atoms with E-state index in [9.17, 15) is 18.0 Å². The molecule has 2 aromatic heterocycles. The number of carbonyl (C=O) groups excluding carboxylic acids is 1. The number of thiophene rings is 1. The average Bonchev–Trinajstić information content (AvgIpc) is 3.45. The van der Waals surface area contributed by atoms with Gasteiger partial charge < -0.3 is 9.32 Å². The second-order valence-electron chi connectivity index (χ2n) is 6.97. The third-order valence-electron chi connectivity index (χ3n) is 4.74. The summed E-state index contributed by atoms with van der Waals surface area (Å²) in [7, 11) is 0. The summed E-state index contributed by atoms with van der Waals surface area (Å²) in [5.74, 6) is 0.0359. The van der Waals surface area contributed by atoms with E-state index in [2.05, 4.69) is 0 Å². The zero-order chi connectivity index (χ0) is 21.8. The molecule has 2 aromatic carbocycles. The van der Waals surface area contributed by atoms with Crippen LogP contribution in [-0.2, 0) is 19.3 Å². The molecule has 0 N–H and O–H groups in total. The van der Waals surface area contributed by atoms with E-state index in [1.807, 2.05) is 42.5 Å². The van der Waals surface area contributed by atoms with E-state index in [1.165, 1.54) is 29.7 Å². The Morgan fingerprint density at radius 2 is 1.61 bits per heavy atom. The topological polar surface area (TPSA) is 33.5 Å². The monoisotopic (exact) mass is 441 g/mol.